The number of nitrogens with zero attached hydrogens (tertiary/aromatic N) is 3. The van der Waals surface area contributed by atoms with E-state index in [1.165, 1.54) is 0 Å². The van der Waals surface area contributed by atoms with E-state index in [0.717, 1.165) is 29.3 Å². The molecule has 0 atom stereocenters. The summed E-state index contributed by atoms with van der Waals surface area (Å²) < 4.78 is 1.62. The van der Waals surface area contributed by atoms with Crippen molar-refractivity contribution < 1.29 is 4.79 Å². The van der Waals surface area contributed by atoms with E-state index >= 15 is 0 Å². The zero-order valence-corrected chi connectivity index (χ0v) is 9.26. The maximum absolute atomic E-state index is 12.1. The maximum atomic E-state index is 12.1. The van der Waals surface area contributed by atoms with Crippen LogP contribution in [0, 0.1) is 17.2 Å². The molecular formula is C13H11N3O. The normalized spacial score (nSPS) is 14.8. The maximum Gasteiger partial charge on any atom is 0.166 e. The summed E-state index contributed by atoms with van der Waals surface area (Å²) in [6.07, 6.45) is 3.69. The van der Waals surface area contributed by atoms with Gasteiger partial charge in [0, 0.05) is 16.9 Å². The molecule has 84 valence electrons. The molecule has 0 N–H and O–H groups in total. The van der Waals surface area contributed by atoms with Crippen LogP contribution in [0.3, 0.4) is 0 Å². The van der Waals surface area contributed by atoms with Crippen molar-refractivity contribution in [3.63, 3.8) is 0 Å². The highest BCUT2D eigenvalue weighted by atomic mass is 16.1. The lowest BCUT2D eigenvalue weighted by molar-refractivity contribution is 0.0969. The Morgan fingerprint density at radius 2 is 2.35 bits per heavy atom. The van der Waals surface area contributed by atoms with Crippen molar-refractivity contribution in [1.82, 2.24) is 9.78 Å². The molecule has 1 aliphatic rings. The molecule has 4 heteroatoms. The minimum atomic E-state index is 0.208. The molecule has 0 unspecified atom stereocenters. The van der Waals surface area contributed by atoms with Crippen LogP contribution in [0.2, 0.25) is 0 Å². The number of fused-ring (bicyclic) bond motifs is 1. The fourth-order valence-electron chi connectivity index (χ4n) is 2.08. The van der Waals surface area contributed by atoms with Gasteiger partial charge in [-0.3, -0.25) is 9.48 Å². The van der Waals surface area contributed by atoms with Crippen molar-refractivity contribution in [2.45, 2.75) is 19.4 Å². The number of Topliss-reactive ketones (excluding diaryl/α,β-unsaturated/α-hetero) is 1. The van der Waals surface area contributed by atoms with Crippen molar-refractivity contribution in [2.75, 3.05) is 0 Å². The van der Waals surface area contributed by atoms with Gasteiger partial charge in [-0.25, -0.2) is 0 Å². The lowest BCUT2D eigenvalue weighted by atomic mass is 10.0. The van der Waals surface area contributed by atoms with Crippen LogP contribution in [0.1, 0.15) is 23.2 Å². The van der Waals surface area contributed by atoms with E-state index in [9.17, 15) is 4.79 Å². The summed E-state index contributed by atoms with van der Waals surface area (Å²) in [6, 6.07) is 7.66. The zero-order chi connectivity index (χ0) is 11.8. The van der Waals surface area contributed by atoms with Crippen molar-refractivity contribution in [2.24, 2.45) is 5.92 Å². The second kappa shape index (κ2) is 3.70. The number of hydrogen-bond donors (Lipinski definition) is 0. The Bertz CT molecular complexity index is 632. The van der Waals surface area contributed by atoms with E-state index in [1.54, 1.807) is 10.9 Å². The quantitative estimate of drug-likeness (QED) is 0.752. The number of rotatable bonds is 3. The molecule has 17 heavy (non-hydrogen) atoms. The summed E-state index contributed by atoms with van der Waals surface area (Å²) in [7, 11) is 0. The number of carbonyl (C=O) groups excluding carboxylic acids is 1. The van der Waals surface area contributed by atoms with Gasteiger partial charge in [-0.05, 0) is 18.9 Å². The number of hydrogen-bond acceptors (Lipinski definition) is 3. The summed E-state index contributed by atoms with van der Waals surface area (Å²) in [5.74, 6) is 0.423. The minimum Gasteiger partial charge on any atom is -0.294 e. The molecule has 1 fully saturated rings. The Morgan fingerprint density at radius 3 is 3.06 bits per heavy atom. The van der Waals surface area contributed by atoms with Gasteiger partial charge in [0.25, 0.3) is 0 Å². The molecule has 1 heterocycles. The molecule has 2 aromatic rings. The Balaban J connectivity index is 2.13. The van der Waals surface area contributed by atoms with Gasteiger partial charge in [0.1, 0.15) is 6.54 Å². The van der Waals surface area contributed by atoms with Crippen LogP contribution in [0.15, 0.2) is 24.4 Å². The highest BCUT2D eigenvalue weighted by molar-refractivity contribution is 6.09. The first-order chi connectivity index (χ1) is 8.31. The topological polar surface area (TPSA) is 58.7 Å². The fourth-order valence-corrected chi connectivity index (χ4v) is 2.08. The number of benzene rings is 1. The van der Waals surface area contributed by atoms with Crippen LogP contribution < -0.4 is 0 Å². The molecule has 1 aromatic carbocycles. The standard InChI is InChI=1S/C13H11N3O/c14-6-7-16-12-3-1-2-10(11(12)8-15-16)13(17)9-4-5-9/h1-3,8-9H,4-5,7H2. The Morgan fingerprint density at radius 1 is 1.53 bits per heavy atom. The van der Waals surface area contributed by atoms with Crippen LogP contribution in [-0.4, -0.2) is 15.6 Å². The SMILES string of the molecule is N#CCn1ncc2c(C(=O)C3CC3)cccc21. The van der Waals surface area contributed by atoms with Gasteiger partial charge in [-0.1, -0.05) is 12.1 Å². The van der Waals surface area contributed by atoms with Crippen LogP contribution in [0.4, 0.5) is 0 Å². The van der Waals surface area contributed by atoms with E-state index in [0.29, 0.717) is 0 Å². The summed E-state index contributed by atoms with van der Waals surface area (Å²) in [6.45, 7) is 0.213. The first-order valence-electron chi connectivity index (χ1n) is 5.67. The Kier molecular flexibility index (Phi) is 2.19. The third-order valence-corrected chi connectivity index (χ3v) is 3.12. The minimum absolute atomic E-state index is 0.208. The van der Waals surface area contributed by atoms with Gasteiger partial charge >= 0.3 is 0 Å². The van der Waals surface area contributed by atoms with Gasteiger partial charge in [-0.2, -0.15) is 10.4 Å². The summed E-state index contributed by atoms with van der Waals surface area (Å²) in [4.78, 5) is 12.1. The predicted molar refractivity (Wildman–Crippen MR) is 62.4 cm³/mol. The zero-order valence-electron chi connectivity index (χ0n) is 9.26. The van der Waals surface area contributed by atoms with Gasteiger partial charge in [-0.15, -0.1) is 0 Å². The van der Waals surface area contributed by atoms with Crippen LogP contribution in [0.5, 0.6) is 0 Å². The monoisotopic (exact) mass is 225 g/mol. The van der Waals surface area contributed by atoms with Crippen LogP contribution >= 0.6 is 0 Å². The first kappa shape index (κ1) is 10.0. The van der Waals surface area contributed by atoms with E-state index in [-0.39, 0.29) is 18.2 Å². The summed E-state index contributed by atoms with van der Waals surface area (Å²) in [5, 5.41) is 13.7. The van der Waals surface area contributed by atoms with E-state index in [2.05, 4.69) is 11.2 Å². The number of aromatic nitrogens is 2. The number of carbonyl (C=O) groups is 1. The molecule has 4 nitrogen and oxygen atoms in total. The van der Waals surface area contributed by atoms with E-state index < -0.39 is 0 Å². The Hall–Kier alpha value is -2.15. The highest BCUT2D eigenvalue weighted by Crippen LogP contribution is 2.34. The first-order valence-corrected chi connectivity index (χ1v) is 5.67. The van der Waals surface area contributed by atoms with Gasteiger partial charge < -0.3 is 0 Å². The molecule has 0 bridgehead atoms. The lowest BCUT2D eigenvalue weighted by Gasteiger charge is -2.01. The molecule has 1 saturated carbocycles. The lowest BCUT2D eigenvalue weighted by Crippen LogP contribution is -2.02. The third kappa shape index (κ3) is 1.60. The van der Waals surface area contributed by atoms with Crippen LogP contribution in [0.25, 0.3) is 10.9 Å². The highest BCUT2D eigenvalue weighted by Gasteiger charge is 2.31. The molecule has 0 spiro atoms. The average molecular weight is 225 g/mol. The van der Waals surface area contributed by atoms with Crippen LogP contribution in [-0.2, 0) is 6.54 Å². The van der Waals surface area contributed by atoms with Crippen molar-refractivity contribution in [1.29, 1.82) is 5.26 Å². The number of nitriles is 1. The second-order valence-electron chi connectivity index (χ2n) is 4.34. The van der Waals surface area contributed by atoms with Crippen molar-refractivity contribution >= 4 is 16.7 Å². The Labute approximate surface area is 98.5 Å². The van der Waals surface area contributed by atoms with Gasteiger partial charge in [0.2, 0.25) is 0 Å². The van der Waals surface area contributed by atoms with Crippen molar-refractivity contribution in [3.05, 3.63) is 30.0 Å². The number of ketones is 1. The van der Waals surface area contributed by atoms with Gasteiger partial charge in [0.15, 0.2) is 5.78 Å². The summed E-state index contributed by atoms with van der Waals surface area (Å²) in [5.41, 5.74) is 1.60. The molecule has 3 rings (SSSR count). The smallest absolute Gasteiger partial charge is 0.166 e. The molecule has 0 aliphatic heterocycles. The van der Waals surface area contributed by atoms with Crippen molar-refractivity contribution in [3.8, 4) is 6.07 Å². The average Bonchev–Trinajstić information content (AvgIpc) is 3.12. The summed E-state index contributed by atoms with van der Waals surface area (Å²) >= 11 is 0. The molecule has 0 radical (unpaired) electrons. The molecule has 1 aromatic heterocycles. The fraction of sp³-hybridized carbons (Fsp3) is 0.308. The molecule has 0 amide bonds. The second-order valence-corrected chi connectivity index (χ2v) is 4.34. The molecule has 1 aliphatic carbocycles. The predicted octanol–water partition coefficient (Wildman–Crippen LogP) is 2.15. The molecule has 0 saturated heterocycles. The van der Waals surface area contributed by atoms with E-state index in [4.69, 9.17) is 5.26 Å². The van der Waals surface area contributed by atoms with E-state index in [1.807, 2.05) is 18.2 Å². The third-order valence-electron chi connectivity index (χ3n) is 3.12. The molecular weight excluding hydrogens is 214 g/mol. The van der Waals surface area contributed by atoms with Gasteiger partial charge in [0.05, 0.1) is 17.8 Å². The largest absolute Gasteiger partial charge is 0.294 e.